The van der Waals surface area contributed by atoms with E-state index in [1.165, 1.54) is 0 Å². The van der Waals surface area contributed by atoms with E-state index in [1.54, 1.807) is 23.1 Å². The van der Waals surface area contributed by atoms with Crippen LogP contribution in [0.3, 0.4) is 0 Å². The number of carbonyl (C=O) groups is 1. The number of rotatable bonds is 3. The topological polar surface area (TPSA) is 72.7 Å². The molecule has 2 heterocycles. The van der Waals surface area contributed by atoms with Gasteiger partial charge in [0, 0.05) is 24.5 Å². The predicted octanol–water partition coefficient (Wildman–Crippen LogP) is 3.48. The number of hydrogen-bond donors (Lipinski definition) is 1. The van der Waals surface area contributed by atoms with Crippen molar-refractivity contribution < 1.29 is 4.79 Å². The highest BCUT2D eigenvalue weighted by molar-refractivity contribution is 6.03. The Morgan fingerprint density at radius 1 is 1.16 bits per heavy atom. The number of aryl methyl sites for hydroxylation is 1. The molecule has 0 saturated heterocycles. The van der Waals surface area contributed by atoms with Gasteiger partial charge in [0.2, 0.25) is 0 Å². The summed E-state index contributed by atoms with van der Waals surface area (Å²) < 4.78 is 1.70. The number of carbonyl (C=O) groups excluding carboxylic acids is 1. The SMILES string of the molecule is Cc1cccc(Nc2nn(-c3ncccn3)c3c2C(=O)CC(C)C3)c1. The van der Waals surface area contributed by atoms with Gasteiger partial charge in [-0.2, -0.15) is 0 Å². The van der Waals surface area contributed by atoms with Gasteiger partial charge >= 0.3 is 0 Å². The standard InChI is InChI=1S/C19H19N5O/c1-12-5-3-6-14(9-12)22-18-17-15(10-13(2)11-16(17)25)24(23-18)19-20-7-4-8-21-19/h3-9,13H,10-11H2,1-2H3,(H,22,23). The minimum Gasteiger partial charge on any atom is -0.338 e. The maximum Gasteiger partial charge on any atom is 0.250 e. The molecule has 1 unspecified atom stereocenters. The highest BCUT2D eigenvalue weighted by atomic mass is 16.1. The lowest BCUT2D eigenvalue weighted by molar-refractivity contribution is 0.0953. The number of ketones is 1. The van der Waals surface area contributed by atoms with Crippen molar-refractivity contribution >= 4 is 17.3 Å². The van der Waals surface area contributed by atoms with Crippen LogP contribution < -0.4 is 5.32 Å². The summed E-state index contributed by atoms with van der Waals surface area (Å²) in [5.74, 6) is 1.46. The summed E-state index contributed by atoms with van der Waals surface area (Å²) in [7, 11) is 0. The summed E-state index contributed by atoms with van der Waals surface area (Å²) in [6, 6.07) is 9.77. The van der Waals surface area contributed by atoms with Crippen LogP contribution in [0.15, 0.2) is 42.7 Å². The van der Waals surface area contributed by atoms with Crippen molar-refractivity contribution in [2.75, 3.05) is 5.32 Å². The van der Waals surface area contributed by atoms with E-state index >= 15 is 0 Å². The number of nitrogens with zero attached hydrogens (tertiary/aromatic N) is 4. The van der Waals surface area contributed by atoms with Crippen molar-refractivity contribution in [2.24, 2.45) is 5.92 Å². The van der Waals surface area contributed by atoms with Crippen LogP contribution in [0.2, 0.25) is 0 Å². The van der Waals surface area contributed by atoms with E-state index in [0.29, 0.717) is 23.8 Å². The molecule has 1 aromatic carbocycles. The molecule has 126 valence electrons. The van der Waals surface area contributed by atoms with Gasteiger partial charge in [0.05, 0.1) is 11.3 Å². The lowest BCUT2D eigenvalue weighted by Crippen LogP contribution is -2.20. The Kier molecular flexibility index (Phi) is 3.80. The second-order valence-corrected chi connectivity index (χ2v) is 6.56. The molecule has 4 rings (SSSR count). The second kappa shape index (κ2) is 6.12. The van der Waals surface area contributed by atoms with E-state index in [4.69, 9.17) is 0 Å². The molecule has 6 heteroatoms. The van der Waals surface area contributed by atoms with Crippen LogP contribution in [0.1, 0.15) is 35.0 Å². The smallest absolute Gasteiger partial charge is 0.250 e. The van der Waals surface area contributed by atoms with Crippen LogP contribution in [0, 0.1) is 12.8 Å². The Balaban J connectivity index is 1.83. The summed E-state index contributed by atoms with van der Waals surface area (Å²) >= 11 is 0. The lowest BCUT2D eigenvalue weighted by Gasteiger charge is -2.18. The molecule has 1 atom stereocenters. The van der Waals surface area contributed by atoms with Gasteiger partial charge < -0.3 is 5.32 Å². The quantitative estimate of drug-likeness (QED) is 0.794. The van der Waals surface area contributed by atoms with E-state index in [9.17, 15) is 4.79 Å². The molecule has 2 aromatic heterocycles. The van der Waals surface area contributed by atoms with Crippen LogP contribution in [0.5, 0.6) is 0 Å². The second-order valence-electron chi connectivity index (χ2n) is 6.56. The van der Waals surface area contributed by atoms with Crippen LogP contribution in [0.4, 0.5) is 11.5 Å². The molecule has 0 radical (unpaired) electrons. The number of hydrogen-bond acceptors (Lipinski definition) is 5. The van der Waals surface area contributed by atoms with Gasteiger partial charge in [0.15, 0.2) is 11.6 Å². The summed E-state index contributed by atoms with van der Waals surface area (Å²) in [6.07, 6.45) is 4.68. The number of aromatic nitrogens is 4. The molecule has 25 heavy (non-hydrogen) atoms. The Hall–Kier alpha value is -3.02. The van der Waals surface area contributed by atoms with Gasteiger partial charge in [-0.05, 0) is 43.0 Å². The maximum atomic E-state index is 12.7. The zero-order valence-electron chi connectivity index (χ0n) is 14.2. The van der Waals surface area contributed by atoms with Gasteiger partial charge in [0.1, 0.15) is 0 Å². The van der Waals surface area contributed by atoms with Crippen molar-refractivity contribution in [2.45, 2.75) is 26.7 Å². The third kappa shape index (κ3) is 2.91. The van der Waals surface area contributed by atoms with E-state index in [2.05, 4.69) is 27.3 Å². The average molecular weight is 333 g/mol. The molecule has 6 nitrogen and oxygen atoms in total. The lowest BCUT2D eigenvalue weighted by atomic mass is 9.88. The van der Waals surface area contributed by atoms with Gasteiger partial charge in [-0.15, -0.1) is 5.10 Å². The monoisotopic (exact) mass is 333 g/mol. The van der Waals surface area contributed by atoms with Crippen LogP contribution >= 0.6 is 0 Å². The van der Waals surface area contributed by atoms with Crippen LogP contribution in [-0.2, 0) is 6.42 Å². The summed E-state index contributed by atoms with van der Waals surface area (Å²) in [5, 5.41) is 7.93. The minimum absolute atomic E-state index is 0.117. The Morgan fingerprint density at radius 3 is 2.72 bits per heavy atom. The number of Topliss-reactive ketones (excluding diaryl/α,β-unsaturated/α-hetero) is 1. The Morgan fingerprint density at radius 2 is 1.96 bits per heavy atom. The molecule has 0 bridgehead atoms. The van der Waals surface area contributed by atoms with Crippen LogP contribution in [0.25, 0.3) is 5.95 Å². The van der Waals surface area contributed by atoms with Crippen molar-refractivity contribution in [3.63, 3.8) is 0 Å². The summed E-state index contributed by atoms with van der Waals surface area (Å²) in [4.78, 5) is 21.3. The highest BCUT2D eigenvalue weighted by Crippen LogP contribution is 2.33. The zero-order valence-corrected chi connectivity index (χ0v) is 14.2. The number of benzene rings is 1. The summed E-state index contributed by atoms with van der Waals surface area (Å²) in [6.45, 7) is 4.11. The van der Waals surface area contributed by atoms with Gasteiger partial charge in [0.25, 0.3) is 5.95 Å². The number of fused-ring (bicyclic) bond motifs is 1. The van der Waals surface area contributed by atoms with Crippen molar-refractivity contribution in [1.29, 1.82) is 0 Å². The molecule has 0 amide bonds. The van der Waals surface area contributed by atoms with E-state index in [1.807, 2.05) is 31.2 Å². The van der Waals surface area contributed by atoms with E-state index < -0.39 is 0 Å². The largest absolute Gasteiger partial charge is 0.338 e. The first-order valence-electron chi connectivity index (χ1n) is 8.38. The molecule has 0 spiro atoms. The van der Waals surface area contributed by atoms with Gasteiger partial charge in [-0.25, -0.2) is 14.6 Å². The first kappa shape index (κ1) is 15.5. The van der Waals surface area contributed by atoms with Gasteiger partial charge in [-0.1, -0.05) is 19.1 Å². The zero-order chi connectivity index (χ0) is 17.4. The molecule has 1 aliphatic carbocycles. The number of anilines is 2. The van der Waals surface area contributed by atoms with Gasteiger partial charge in [-0.3, -0.25) is 4.79 Å². The van der Waals surface area contributed by atoms with Crippen molar-refractivity contribution in [1.82, 2.24) is 19.7 Å². The molecular formula is C19H19N5O. The first-order valence-corrected chi connectivity index (χ1v) is 8.38. The maximum absolute atomic E-state index is 12.7. The molecule has 1 aliphatic rings. The molecule has 0 fully saturated rings. The highest BCUT2D eigenvalue weighted by Gasteiger charge is 2.31. The van der Waals surface area contributed by atoms with E-state index in [0.717, 1.165) is 23.4 Å². The number of nitrogens with one attached hydrogen (secondary N) is 1. The summed E-state index contributed by atoms with van der Waals surface area (Å²) in [5.41, 5.74) is 3.59. The fourth-order valence-electron chi connectivity index (χ4n) is 3.27. The average Bonchev–Trinajstić information content (AvgIpc) is 2.94. The molecule has 3 aromatic rings. The van der Waals surface area contributed by atoms with E-state index in [-0.39, 0.29) is 11.7 Å². The fraction of sp³-hybridized carbons (Fsp3) is 0.263. The normalized spacial score (nSPS) is 16.6. The third-order valence-corrected chi connectivity index (χ3v) is 4.36. The third-order valence-electron chi connectivity index (χ3n) is 4.36. The fourth-order valence-corrected chi connectivity index (χ4v) is 3.27. The molecule has 0 saturated carbocycles. The molecule has 0 aliphatic heterocycles. The molecular weight excluding hydrogens is 314 g/mol. The van der Waals surface area contributed by atoms with Crippen molar-refractivity contribution in [3.8, 4) is 5.95 Å². The predicted molar refractivity (Wildman–Crippen MR) is 95.4 cm³/mol. The van der Waals surface area contributed by atoms with Crippen molar-refractivity contribution in [3.05, 3.63) is 59.5 Å². The Labute approximate surface area is 145 Å². The first-order chi connectivity index (χ1) is 12.1. The van der Waals surface area contributed by atoms with Crippen LogP contribution in [-0.4, -0.2) is 25.5 Å². The molecule has 1 N–H and O–H groups in total. The Bertz CT molecular complexity index is 932. The minimum atomic E-state index is 0.117.